The Labute approximate surface area is 155 Å². The number of halogens is 3. The van der Waals surface area contributed by atoms with Crippen molar-refractivity contribution in [2.45, 2.75) is 19.3 Å². The first-order chi connectivity index (χ1) is 12.9. The summed E-state index contributed by atoms with van der Waals surface area (Å²) in [5, 5.41) is 0. The van der Waals surface area contributed by atoms with Crippen LogP contribution in [0.25, 0.3) is 5.69 Å². The zero-order valence-electron chi connectivity index (χ0n) is 14.8. The maximum Gasteiger partial charge on any atom is 0.416 e. The van der Waals surface area contributed by atoms with Gasteiger partial charge in [0.15, 0.2) is 6.23 Å². The molecule has 1 saturated heterocycles. The number of aryl methyl sites for hydroxylation is 1. The molecular formula is C21H19F3N2O. The second-order valence-electron chi connectivity index (χ2n) is 6.65. The zero-order valence-corrected chi connectivity index (χ0v) is 14.8. The van der Waals surface area contributed by atoms with Crippen molar-refractivity contribution >= 4 is 5.69 Å². The standard InChI is InChI=1S/C21H19F3N2O/c1-15-2-6-19(7-3-15)26-12-13-27-20(26)16-10-11-25(14-16)18-8-4-17(5-9-18)21(22,23)24/h2-11,14,20H,12-13H2,1H3/t20-/m1/s1. The van der Waals surface area contributed by atoms with E-state index in [0.717, 1.165) is 29.9 Å². The van der Waals surface area contributed by atoms with Gasteiger partial charge < -0.3 is 14.2 Å². The van der Waals surface area contributed by atoms with Gasteiger partial charge in [0.25, 0.3) is 0 Å². The highest BCUT2D eigenvalue weighted by Gasteiger charge is 2.30. The Hall–Kier alpha value is -2.73. The lowest BCUT2D eigenvalue weighted by Gasteiger charge is -2.24. The molecule has 2 heterocycles. The third-order valence-electron chi connectivity index (χ3n) is 4.75. The van der Waals surface area contributed by atoms with Crippen molar-refractivity contribution in [1.82, 2.24) is 4.57 Å². The molecule has 27 heavy (non-hydrogen) atoms. The smallest absolute Gasteiger partial charge is 0.352 e. The molecule has 0 bridgehead atoms. The highest BCUT2D eigenvalue weighted by atomic mass is 19.4. The van der Waals surface area contributed by atoms with Crippen molar-refractivity contribution in [3.8, 4) is 5.69 Å². The summed E-state index contributed by atoms with van der Waals surface area (Å²) in [6, 6.07) is 15.4. The summed E-state index contributed by atoms with van der Waals surface area (Å²) in [4.78, 5) is 2.19. The molecule has 1 atom stereocenters. The van der Waals surface area contributed by atoms with Crippen molar-refractivity contribution in [1.29, 1.82) is 0 Å². The third kappa shape index (κ3) is 3.57. The molecule has 2 aromatic carbocycles. The fourth-order valence-corrected chi connectivity index (χ4v) is 3.29. The molecule has 1 aliphatic heterocycles. The minimum absolute atomic E-state index is 0.205. The molecule has 1 aromatic heterocycles. The minimum Gasteiger partial charge on any atom is -0.352 e. The number of nitrogens with zero attached hydrogens (tertiary/aromatic N) is 2. The van der Waals surface area contributed by atoms with E-state index in [1.54, 1.807) is 0 Å². The molecule has 4 rings (SSSR count). The number of benzene rings is 2. The van der Waals surface area contributed by atoms with Crippen LogP contribution in [0.3, 0.4) is 0 Å². The molecule has 0 spiro atoms. The largest absolute Gasteiger partial charge is 0.416 e. The van der Waals surface area contributed by atoms with Gasteiger partial charge in [-0.25, -0.2) is 0 Å². The predicted octanol–water partition coefficient (Wildman–Crippen LogP) is 5.34. The number of aromatic nitrogens is 1. The second kappa shape index (κ2) is 6.78. The van der Waals surface area contributed by atoms with Crippen molar-refractivity contribution in [3.63, 3.8) is 0 Å². The Balaban J connectivity index is 1.57. The Kier molecular flexibility index (Phi) is 4.44. The normalized spacial score (nSPS) is 17.5. The minimum atomic E-state index is -4.33. The van der Waals surface area contributed by atoms with Crippen LogP contribution in [0.4, 0.5) is 18.9 Å². The summed E-state index contributed by atoms with van der Waals surface area (Å²) in [5.74, 6) is 0. The molecule has 140 valence electrons. The molecule has 1 aliphatic rings. The van der Waals surface area contributed by atoms with Crippen LogP contribution in [-0.2, 0) is 10.9 Å². The van der Waals surface area contributed by atoms with Gasteiger partial charge >= 0.3 is 6.18 Å². The number of hydrogen-bond acceptors (Lipinski definition) is 2. The zero-order chi connectivity index (χ0) is 19.0. The van der Waals surface area contributed by atoms with Crippen LogP contribution in [0.15, 0.2) is 67.0 Å². The van der Waals surface area contributed by atoms with Crippen LogP contribution in [0.5, 0.6) is 0 Å². The summed E-state index contributed by atoms with van der Waals surface area (Å²) in [5.41, 5.74) is 3.28. The summed E-state index contributed by atoms with van der Waals surface area (Å²) in [6.07, 6.45) is -0.789. The second-order valence-corrected chi connectivity index (χ2v) is 6.65. The maximum atomic E-state index is 12.7. The van der Waals surface area contributed by atoms with E-state index in [-0.39, 0.29) is 6.23 Å². The maximum absolute atomic E-state index is 12.7. The first kappa shape index (κ1) is 17.7. The molecule has 3 nitrogen and oxygen atoms in total. The summed E-state index contributed by atoms with van der Waals surface area (Å²) in [7, 11) is 0. The van der Waals surface area contributed by atoms with Crippen LogP contribution in [0.2, 0.25) is 0 Å². The number of ether oxygens (including phenoxy) is 1. The quantitative estimate of drug-likeness (QED) is 0.617. The summed E-state index contributed by atoms with van der Waals surface area (Å²) >= 11 is 0. The lowest BCUT2D eigenvalue weighted by Crippen LogP contribution is -2.22. The molecule has 1 fully saturated rings. The Morgan fingerprint density at radius 1 is 0.926 bits per heavy atom. The lowest BCUT2D eigenvalue weighted by atomic mass is 10.2. The Morgan fingerprint density at radius 2 is 1.59 bits per heavy atom. The van der Waals surface area contributed by atoms with Crippen LogP contribution < -0.4 is 4.90 Å². The molecule has 0 radical (unpaired) electrons. The van der Waals surface area contributed by atoms with E-state index in [1.807, 2.05) is 30.0 Å². The Bertz CT molecular complexity index is 914. The number of rotatable bonds is 3. The van der Waals surface area contributed by atoms with Gasteiger partial charge in [0.1, 0.15) is 0 Å². The van der Waals surface area contributed by atoms with Gasteiger partial charge in [0.2, 0.25) is 0 Å². The molecular weight excluding hydrogens is 353 g/mol. The molecule has 6 heteroatoms. The van der Waals surface area contributed by atoms with E-state index >= 15 is 0 Å². The summed E-state index contributed by atoms with van der Waals surface area (Å²) in [6.45, 7) is 3.47. The van der Waals surface area contributed by atoms with E-state index in [4.69, 9.17) is 4.74 Å². The van der Waals surface area contributed by atoms with E-state index in [9.17, 15) is 13.2 Å². The van der Waals surface area contributed by atoms with Crippen LogP contribution in [0.1, 0.15) is 22.9 Å². The van der Waals surface area contributed by atoms with Crippen molar-refractivity contribution in [2.24, 2.45) is 0 Å². The van der Waals surface area contributed by atoms with Crippen LogP contribution in [-0.4, -0.2) is 17.7 Å². The average molecular weight is 372 g/mol. The fraction of sp³-hybridized carbons (Fsp3) is 0.238. The fourth-order valence-electron chi connectivity index (χ4n) is 3.29. The van der Waals surface area contributed by atoms with E-state index in [0.29, 0.717) is 12.3 Å². The first-order valence-electron chi connectivity index (χ1n) is 8.72. The average Bonchev–Trinajstić information content (AvgIpc) is 3.31. The third-order valence-corrected chi connectivity index (χ3v) is 4.75. The van der Waals surface area contributed by atoms with Gasteiger partial charge in [-0.15, -0.1) is 0 Å². The van der Waals surface area contributed by atoms with Gasteiger partial charge in [-0.1, -0.05) is 17.7 Å². The molecule has 3 aromatic rings. The van der Waals surface area contributed by atoms with Gasteiger partial charge in [0, 0.05) is 35.9 Å². The first-order valence-corrected chi connectivity index (χ1v) is 8.72. The highest BCUT2D eigenvalue weighted by molar-refractivity contribution is 5.50. The van der Waals surface area contributed by atoms with Crippen LogP contribution in [0, 0.1) is 6.92 Å². The number of hydrogen-bond donors (Lipinski definition) is 0. The van der Waals surface area contributed by atoms with Crippen molar-refractivity contribution < 1.29 is 17.9 Å². The van der Waals surface area contributed by atoms with Crippen molar-refractivity contribution in [2.75, 3.05) is 18.1 Å². The SMILES string of the molecule is Cc1ccc(N2CCO[C@@H]2c2ccn(-c3ccc(C(F)(F)F)cc3)c2)cc1. The molecule has 0 aliphatic carbocycles. The molecule has 0 unspecified atom stereocenters. The number of anilines is 1. The molecule has 0 amide bonds. The molecule has 0 saturated carbocycles. The highest BCUT2D eigenvalue weighted by Crippen LogP contribution is 2.33. The van der Waals surface area contributed by atoms with E-state index in [2.05, 4.69) is 29.2 Å². The van der Waals surface area contributed by atoms with Crippen LogP contribution >= 0.6 is 0 Å². The summed E-state index contributed by atoms with van der Waals surface area (Å²) < 4.78 is 45.9. The van der Waals surface area contributed by atoms with E-state index in [1.165, 1.54) is 17.7 Å². The monoisotopic (exact) mass is 372 g/mol. The van der Waals surface area contributed by atoms with Crippen molar-refractivity contribution in [3.05, 3.63) is 83.7 Å². The predicted molar refractivity (Wildman–Crippen MR) is 98.0 cm³/mol. The molecule has 0 N–H and O–H groups in total. The van der Waals surface area contributed by atoms with E-state index < -0.39 is 11.7 Å². The van der Waals surface area contributed by atoms with Gasteiger partial charge in [-0.05, 0) is 49.4 Å². The van der Waals surface area contributed by atoms with Gasteiger partial charge in [0.05, 0.1) is 12.2 Å². The van der Waals surface area contributed by atoms with Gasteiger partial charge in [-0.3, -0.25) is 0 Å². The van der Waals surface area contributed by atoms with Gasteiger partial charge in [-0.2, -0.15) is 13.2 Å². The topological polar surface area (TPSA) is 17.4 Å². The number of alkyl halides is 3. The Morgan fingerprint density at radius 3 is 2.26 bits per heavy atom. The lowest BCUT2D eigenvalue weighted by molar-refractivity contribution is -0.137.